The van der Waals surface area contributed by atoms with Gasteiger partial charge in [-0.25, -0.2) is 4.79 Å². The molecule has 0 spiro atoms. The van der Waals surface area contributed by atoms with Crippen LogP contribution in [0.5, 0.6) is 0 Å². The van der Waals surface area contributed by atoms with Gasteiger partial charge in [0.25, 0.3) is 0 Å². The predicted octanol–water partition coefficient (Wildman–Crippen LogP) is 2.92. The molecule has 4 rings (SSSR count). The van der Waals surface area contributed by atoms with E-state index in [1.165, 1.54) is 0 Å². The minimum absolute atomic E-state index is 0.180. The van der Waals surface area contributed by atoms with Crippen LogP contribution in [-0.4, -0.2) is 41.8 Å². The highest BCUT2D eigenvalue weighted by Crippen LogP contribution is 2.41. The van der Waals surface area contributed by atoms with Gasteiger partial charge >= 0.3 is 5.97 Å². The van der Waals surface area contributed by atoms with Crippen LogP contribution in [-0.2, 0) is 23.7 Å². The van der Waals surface area contributed by atoms with E-state index >= 15 is 0 Å². The zero-order valence-corrected chi connectivity index (χ0v) is 15.9. The van der Waals surface area contributed by atoms with Gasteiger partial charge in [0.15, 0.2) is 18.0 Å². The average Bonchev–Trinajstić information content (AvgIpc) is 3.08. The van der Waals surface area contributed by atoms with Crippen molar-refractivity contribution in [2.45, 2.75) is 50.2 Å². The number of aliphatic hydroxyl groups is 1. The van der Waals surface area contributed by atoms with Gasteiger partial charge in [0.05, 0.1) is 6.61 Å². The molecular formula is C22H24O6. The average molecular weight is 384 g/mol. The van der Waals surface area contributed by atoms with E-state index in [4.69, 9.17) is 18.9 Å². The topological polar surface area (TPSA) is 74.2 Å². The van der Waals surface area contributed by atoms with Crippen LogP contribution in [0.1, 0.15) is 37.2 Å². The number of rotatable bonds is 4. The van der Waals surface area contributed by atoms with Gasteiger partial charge in [-0.1, -0.05) is 60.7 Å². The Bertz CT molecular complexity index is 806. The number of benzene rings is 2. The molecule has 0 aliphatic carbocycles. The molecule has 6 heteroatoms. The van der Waals surface area contributed by atoms with Crippen LogP contribution >= 0.6 is 0 Å². The van der Waals surface area contributed by atoms with Crippen LogP contribution in [0.15, 0.2) is 60.7 Å². The Hall–Kier alpha value is -2.25. The zero-order valence-electron chi connectivity index (χ0n) is 15.9. The minimum atomic E-state index is -1.20. The lowest BCUT2D eigenvalue weighted by Gasteiger charge is -2.38. The third-order valence-electron chi connectivity index (χ3n) is 5.02. The van der Waals surface area contributed by atoms with Crippen molar-refractivity contribution in [2.75, 3.05) is 6.61 Å². The first kappa shape index (κ1) is 19.1. The van der Waals surface area contributed by atoms with Crippen LogP contribution in [0.2, 0.25) is 0 Å². The second-order valence-corrected chi connectivity index (χ2v) is 7.51. The van der Waals surface area contributed by atoms with Gasteiger partial charge in [-0.15, -0.1) is 0 Å². The molecule has 2 saturated heterocycles. The standard InChI is InChI=1S/C22H24O6/c1-22(2)25-13-16(28-22)17(23)20-21(24)27-19(15-11-7-4-8-12-15)18(26-20)14-9-5-3-6-10-14/h3-12,16-20,23H,13H2,1-2H3/t16-,17-,18+,19+,20-/m1/s1. The number of hydrogen-bond acceptors (Lipinski definition) is 6. The molecule has 6 nitrogen and oxygen atoms in total. The number of cyclic esters (lactones) is 1. The molecule has 0 amide bonds. The van der Waals surface area contributed by atoms with Crippen molar-refractivity contribution in [3.8, 4) is 0 Å². The van der Waals surface area contributed by atoms with Crippen molar-refractivity contribution >= 4 is 5.97 Å². The summed E-state index contributed by atoms with van der Waals surface area (Å²) < 4.78 is 23.1. The summed E-state index contributed by atoms with van der Waals surface area (Å²) in [5.74, 6) is -1.42. The van der Waals surface area contributed by atoms with Gasteiger partial charge in [0, 0.05) is 0 Å². The van der Waals surface area contributed by atoms with Crippen LogP contribution in [0.3, 0.4) is 0 Å². The second kappa shape index (κ2) is 7.64. The SMILES string of the molecule is CC1(C)OC[C@H]([C@@H](O)[C@H]2O[C@@H](c3ccccc3)[C@H](c3ccccc3)OC2=O)O1. The fourth-order valence-corrected chi connectivity index (χ4v) is 3.62. The molecule has 0 radical (unpaired) electrons. The Morgan fingerprint density at radius 3 is 2.07 bits per heavy atom. The first-order valence-electron chi connectivity index (χ1n) is 9.40. The highest BCUT2D eigenvalue weighted by molar-refractivity contribution is 5.76. The largest absolute Gasteiger partial charge is 0.452 e. The molecule has 28 heavy (non-hydrogen) atoms. The summed E-state index contributed by atoms with van der Waals surface area (Å²) >= 11 is 0. The van der Waals surface area contributed by atoms with E-state index < -0.39 is 42.3 Å². The smallest absolute Gasteiger partial charge is 0.338 e. The number of carbonyl (C=O) groups is 1. The maximum absolute atomic E-state index is 12.7. The van der Waals surface area contributed by atoms with Crippen molar-refractivity contribution in [3.05, 3.63) is 71.8 Å². The number of hydrogen-bond donors (Lipinski definition) is 1. The minimum Gasteiger partial charge on any atom is -0.452 e. The van der Waals surface area contributed by atoms with Gasteiger partial charge in [-0.05, 0) is 25.0 Å². The van der Waals surface area contributed by atoms with E-state index in [0.29, 0.717) is 0 Å². The van der Waals surface area contributed by atoms with Crippen molar-refractivity contribution in [1.82, 2.24) is 0 Å². The van der Waals surface area contributed by atoms with Crippen molar-refractivity contribution in [3.63, 3.8) is 0 Å². The van der Waals surface area contributed by atoms with E-state index in [0.717, 1.165) is 11.1 Å². The fourth-order valence-electron chi connectivity index (χ4n) is 3.62. The monoisotopic (exact) mass is 384 g/mol. The summed E-state index contributed by atoms with van der Waals surface area (Å²) in [5, 5.41) is 10.8. The van der Waals surface area contributed by atoms with E-state index in [1.54, 1.807) is 13.8 Å². The molecule has 5 atom stereocenters. The lowest BCUT2D eigenvalue weighted by atomic mass is 9.95. The molecule has 2 aromatic carbocycles. The quantitative estimate of drug-likeness (QED) is 0.817. The summed E-state index contributed by atoms with van der Waals surface area (Å²) in [4.78, 5) is 12.7. The molecule has 0 saturated carbocycles. The maximum Gasteiger partial charge on any atom is 0.338 e. The lowest BCUT2D eigenvalue weighted by molar-refractivity contribution is -0.227. The Morgan fingerprint density at radius 1 is 0.964 bits per heavy atom. The third kappa shape index (κ3) is 3.82. The summed E-state index contributed by atoms with van der Waals surface area (Å²) in [7, 11) is 0. The molecule has 0 aromatic heterocycles. The second-order valence-electron chi connectivity index (χ2n) is 7.51. The van der Waals surface area contributed by atoms with Crippen LogP contribution < -0.4 is 0 Å². The number of carbonyl (C=O) groups excluding carboxylic acids is 1. The zero-order chi connectivity index (χ0) is 19.7. The molecule has 148 valence electrons. The molecule has 2 aromatic rings. The molecule has 0 bridgehead atoms. The molecule has 2 aliphatic heterocycles. The fraction of sp³-hybridized carbons (Fsp3) is 0.409. The number of ether oxygens (including phenoxy) is 4. The molecule has 2 fully saturated rings. The normalized spacial score (nSPS) is 30.6. The van der Waals surface area contributed by atoms with E-state index in [2.05, 4.69) is 0 Å². The van der Waals surface area contributed by atoms with Gasteiger partial charge in [-0.3, -0.25) is 0 Å². The van der Waals surface area contributed by atoms with Crippen LogP contribution in [0, 0.1) is 0 Å². The Balaban J connectivity index is 1.61. The first-order chi connectivity index (χ1) is 13.4. The number of esters is 1. The Morgan fingerprint density at radius 2 is 1.54 bits per heavy atom. The molecular weight excluding hydrogens is 360 g/mol. The highest BCUT2D eigenvalue weighted by Gasteiger charge is 2.48. The van der Waals surface area contributed by atoms with Gasteiger partial charge in [0.1, 0.15) is 18.3 Å². The van der Waals surface area contributed by atoms with Gasteiger partial charge < -0.3 is 24.1 Å². The Labute approximate surface area is 164 Å². The van der Waals surface area contributed by atoms with E-state index in [9.17, 15) is 9.90 Å². The predicted molar refractivity (Wildman–Crippen MR) is 100 cm³/mol. The Kier molecular flexibility index (Phi) is 5.21. The van der Waals surface area contributed by atoms with Gasteiger partial charge in [-0.2, -0.15) is 0 Å². The molecule has 2 heterocycles. The maximum atomic E-state index is 12.7. The summed E-state index contributed by atoms with van der Waals surface area (Å²) in [5.41, 5.74) is 1.70. The molecule has 1 N–H and O–H groups in total. The first-order valence-corrected chi connectivity index (χ1v) is 9.40. The van der Waals surface area contributed by atoms with Crippen molar-refractivity contribution in [1.29, 1.82) is 0 Å². The summed E-state index contributed by atoms with van der Waals surface area (Å²) in [6.07, 6.45) is -4.17. The lowest BCUT2D eigenvalue weighted by Crippen LogP contribution is -2.50. The van der Waals surface area contributed by atoms with E-state index in [1.807, 2.05) is 60.7 Å². The number of aliphatic hydroxyl groups excluding tert-OH is 1. The molecule has 2 aliphatic rings. The highest BCUT2D eigenvalue weighted by atomic mass is 16.7. The van der Waals surface area contributed by atoms with Crippen molar-refractivity contribution in [2.24, 2.45) is 0 Å². The van der Waals surface area contributed by atoms with Crippen molar-refractivity contribution < 1.29 is 28.8 Å². The van der Waals surface area contributed by atoms with E-state index in [-0.39, 0.29) is 6.61 Å². The summed E-state index contributed by atoms with van der Waals surface area (Å²) in [6.45, 7) is 3.70. The summed E-state index contributed by atoms with van der Waals surface area (Å²) in [6, 6.07) is 19.0. The van der Waals surface area contributed by atoms with Gasteiger partial charge in [0.2, 0.25) is 0 Å². The molecule has 0 unspecified atom stereocenters. The van der Waals surface area contributed by atoms with Crippen LogP contribution in [0.4, 0.5) is 0 Å². The third-order valence-corrected chi connectivity index (χ3v) is 5.02. The van der Waals surface area contributed by atoms with Crippen LogP contribution in [0.25, 0.3) is 0 Å².